The van der Waals surface area contributed by atoms with E-state index >= 15 is 0 Å². The summed E-state index contributed by atoms with van der Waals surface area (Å²) in [6.45, 7) is 0. The molecule has 0 aliphatic heterocycles. The lowest BCUT2D eigenvalue weighted by atomic mass is 10.1. The van der Waals surface area contributed by atoms with E-state index in [4.69, 9.17) is 11.1 Å². The Morgan fingerprint density at radius 1 is 1.40 bits per heavy atom. The predicted octanol–water partition coefficient (Wildman–Crippen LogP) is 1.34. The molecule has 0 aliphatic rings. The molecule has 0 aliphatic carbocycles. The topological polar surface area (TPSA) is 76.2 Å². The molecule has 1 aromatic carbocycles. The zero-order valence-corrected chi connectivity index (χ0v) is 8.62. The molecule has 4 nitrogen and oxygen atoms in total. The average Bonchev–Trinajstić information content (AvgIpc) is 2.26. The van der Waals surface area contributed by atoms with Gasteiger partial charge in [0.15, 0.2) is 0 Å². The highest BCUT2D eigenvalue weighted by Crippen LogP contribution is 2.07. The largest absolute Gasteiger partial charge is 0.465 e. The molecule has 0 saturated heterocycles. The van der Waals surface area contributed by atoms with Gasteiger partial charge in [-0.3, -0.25) is 5.41 Å². The van der Waals surface area contributed by atoms with Gasteiger partial charge < -0.3 is 10.5 Å². The van der Waals surface area contributed by atoms with Crippen molar-refractivity contribution < 1.29 is 9.53 Å². The molecule has 0 radical (unpaired) electrons. The monoisotopic (exact) mass is 206 g/mol. The van der Waals surface area contributed by atoms with Crippen molar-refractivity contribution in [2.75, 3.05) is 7.11 Å². The highest BCUT2D eigenvalue weighted by molar-refractivity contribution is 5.89. The highest BCUT2D eigenvalue weighted by atomic mass is 16.5. The summed E-state index contributed by atoms with van der Waals surface area (Å²) >= 11 is 0. The molecule has 0 heterocycles. The van der Waals surface area contributed by atoms with Crippen molar-refractivity contribution in [3.63, 3.8) is 0 Å². The van der Waals surface area contributed by atoms with Crippen LogP contribution in [0.3, 0.4) is 0 Å². The Kier molecular flexibility index (Phi) is 3.85. The molecule has 15 heavy (non-hydrogen) atoms. The third kappa shape index (κ3) is 3.42. The van der Waals surface area contributed by atoms with Gasteiger partial charge in [-0.15, -0.1) is 0 Å². The summed E-state index contributed by atoms with van der Waals surface area (Å²) in [5, 5.41) is 7.09. The number of carbonyl (C=O) groups excluding carboxylic acids is 1. The first kappa shape index (κ1) is 11.2. The number of ether oxygens (including phenoxy) is 1. The Bertz CT molecular complexity index is 357. The van der Waals surface area contributed by atoms with E-state index in [1.54, 1.807) is 12.1 Å². The Labute approximate surface area is 88.6 Å². The summed E-state index contributed by atoms with van der Waals surface area (Å²) < 4.78 is 4.58. The number of rotatable bonds is 4. The predicted molar refractivity (Wildman–Crippen MR) is 58.0 cm³/mol. The summed E-state index contributed by atoms with van der Waals surface area (Å²) in [5.74, 6) is -0.167. The van der Waals surface area contributed by atoms with Crippen LogP contribution in [-0.4, -0.2) is 18.9 Å². The van der Waals surface area contributed by atoms with E-state index in [0.29, 0.717) is 12.0 Å². The molecule has 0 saturated carbocycles. The van der Waals surface area contributed by atoms with Gasteiger partial charge in [0.1, 0.15) is 0 Å². The second-order valence-corrected chi connectivity index (χ2v) is 3.21. The Morgan fingerprint density at radius 2 is 2.00 bits per heavy atom. The van der Waals surface area contributed by atoms with Crippen LogP contribution in [0.4, 0.5) is 0 Å². The first-order chi connectivity index (χ1) is 7.13. The van der Waals surface area contributed by atoms with E-state index in [1.807, 2.05) is 12.1 Å². The number of hydrogen-bond donors (Lipinski definition) is 2. The van der Waals surface area contributed by atoms with Gasteiger partial charge in [-0.2, -0.15) is 0 Å². The van der Waals surface area contributed by atoms with Crippen molar-refractivity contribution in [3.05, 3.63) is 35.4 Å². The van der Waals surface area contributed by atoms with Crippen molar-refractivity contribution in [1.82, 2.24) is 0 Å². The first-order valence-corrected chi connectivity index (χ1v) is 4.63. The number of esters is 1. The van der Waals surface area contributed by atoms with Gasteiger partial charge >= 0.3 is 5.97 Å². The van der Waals surface area contributed by atoms with Crippen LogP contribution in [0.1, 0.15) is 22.3 Å². The molecule has 0 atom stereocenters. The molecule has 0 bridgehead atoms. The molecule has 1 aromatic rings. The lowest BCUT2D eigenvalue weighted by molar-refractivity contribution is 0.0600. The number of methoxy groups -OCH3 is 1. The standard InChI is InChI=1S/C11H14N2O2/c1-15-11(14)9-5-2-8(3-6-9)4-7-10(12)13/h2-3,5-6H,4,7H2,1H3,(H3,12,13). The summed E-state index contributed by atoms with van der Waals surface area (Å²) in [7, 11) is 1.35. The van der Waals surface area contributed by atoms with Crippen molar-refractivity contribution in [2.45, 2.75) is 12.8 Å². The van der Waals surface area contributed by atoms with Crippen LogP contribution in [-0.2, 0) is 11.2 Å². The van der Waals surface area contributed by atoms with Crippen LogP contribution in [0.5, 0.6) is 0 Å². The lowest BCUT2D eigenvalue weighted by Crippen LogP contribution is -2.10. The SMILES string of the molecule is COC(=O)c1ccc(CCC(=N)N)cc1. The van der Waals surface area contributed by atoms with Gasteiger partial charge in [-0.05, 0) is 24.1 Å². The minimum atomic E-state index is -0.340. The summed E-state index contributed by atoms with van der Waals surface area (Å²) in [5.41, 5.74) is 6.83. The molecule has 0 spiro atoms. The molecular formula is C11H14N2O2. The van der Waals surface area contributed by atoms with Crippen molar-refractivity contribution >= 4 is 11.8 Å². The third-order valence-electron chi connectivity index (χ3n) is 2.06. The van der Waals surface area contributed by atoms with Crippen molar-refractivity contribution in [2.24, 2.45) is 5.73 Å². The van der Waals surface area contributed by atoms with E-state index in [9.17, 15) is 4.79 Å². The van der Waals surface area contributed by atoms with Crippen molar-refractivity contribution in [1.29, 1.82) is 5.41 Å². The highest BCUT2D eigenvalue weighted by Gasteiger charge is 2.04. The minimum absolute atomic E-state index is 0.173. The van der Waals surface area contributed by atoms with Gasteiger partial charge in [0.05, 0.1) is 18.5 Å². The molecule has 3 N–H and O–H groups in total. The fraction of sp³-hybridized carbons (Fsp3) is 0.273. The maximum absolute atomic E-state index is 11.1. The molecule has 80 valence electrons. The van der Waals surface area contributed by atoms with E-state index < -0.39 is 0 Å². The normalized spacial score (nSPS) is 9.67. The lowest BCUT2D eigenvalue weighted by Gasteiger charge is -2.02. The number of nitrogens with one attached hydrogen (secondary N) is 1. The minimum Gasteiger partial charge on any atom is -0.465 e. The molecule has 0 aromatic heterocycles. The van der Waals surface area contributed by atoms with Gasteiger partial charge in [0.2, 0.25) is 0 Å². The van der Waals surface area contributed by atoms with E-state index in [2.05, 4.69) is 4.74 Å². The summed E-state index contributed by atoms with van der Waals surface area (Å²) in [4.78, 5) is 11.1. The zero-order chi connectivity index (χ0) is 11.3. The fourth-order valence-corrected chi connectivity index (χ4v) is 1.20. The van der Waals surface area contributed by atoms with Crippen LogP contribution < -0.4 is 5.73 Å². The first-order valence-electron chi connectivity index (χ1n) is 4.63. The van der Waals surface area contributed by atoms with Gasteiger partial charge in [0.25, 0.3) is 0 Å². The van der Waals surface area contributed by atoms with Crippen molar-refractivity contribution in [3.8, 4) is 0 Å². The van der Waals surface area contributed by atoms with Crippen LogP contribution >= 0.6 is 0 Å². The number of amidine groups is 1. The molecule has 1 rings (SSSR count). The summed E-state index contributed by atoms with van der Waals surface area (Å²) in [6, 6.07) is 7.10. The molecule has 0 unspecified atom stereocenters. The maximum Gasteiger partial charge on any atom is 0.337 e. The Morgan fingerprint density at radius 3 is 2.47 bits per heavy atom. The molecule has 0 fully saturated rings. The van der Waals surface area contributed by atoms with Gasteiger partial charge in [-0.1, -0.05) is 12.1 Å². The van der Waals surface area contributed by atoms with Crippen LogP contribution in [0.2, 0.25) is 0 Å². The van der Waals surface area contributed by atoms with Gasteiger partial charge in [-0.25, -0.2) is 4.79 Å². The second-order valence-electron chi connectivity index (χ2n) is 3.21. The van der Waals surface area contributed by atoms with Crippen LogP contribution in [0, 0.1) is 5.41 Å². The number of carbonyl (C=O) groups is 1. The number of hydrogen-bond acceptors (Lipinski definition) is 3. The zero-order valence-electron chi connectivity index (χ0n) is 8.62. The third-order valence-corrected chi connectivity index (χ3v) is 2.06. The smallest absolute Gasteiger partial charge is 0.337 e. The number of aryl methyl sites for hydroxylation is 1. The Balaban J connectivity index is 2.64. The molecular weight excluding hydrogens is 192 g/mol. The van der Waals surface area contributed by atoms with E-state index in [0.717, 1.165) is 12.0 Å². The fourth-order valence-electron chi connectivity index (χ4n) is 1.20. The molecule has 0 amide bonds. The Hall–Kier alpha value is -1.84. The molecule has 4 heteroatoms. The maximum atomic E-state index is 11.1. The van der Waals surface area contributed by atoms with E-state index in [1.165, 1.54) is 7.11 Å². The van der Waals surface area contributed by atoms with E-state index in [-0.39, 0.29) is 11.8 Å². The van der Waals surface area contributed by atoms with Gasteiger partial charge in [0, 0.05) is 6.42 Å². The van der Waals surface area contributed by atoms with Crippen LogP contribution in [0.25, 0.3) is 0 Å². The van der Waals surface area contributed by atoms with Crippen LogP contribution in [0.15, 0.2) is 24.3 Å². The second kappa shape index (κ2) is 5.14. The summed E-state index contributed by atoms with van der Waals surface area (Å²) in [6.07, 6.45) is 1.26. The average molecular weight is 206 g/mol. The number of nitrogens with two attached hydrogens (primary N) is 1. The quantitative estimate of drug-likeness (QED) is 0.443. The number of benzene rings is 1.